The number of nitrogens with zero attached hydrogens (tertiary/aromatic N) is 2. The largest absolute Gasteiger partial charge is 0.466 e. The van der Waals surface area contributed by atoms with E-state index in [0.29, 0.717) is 4.41 Å². The fourth-order valence-electron chi connectivity index (χ4n) is 3.86. The number of benzene rings is 1. The van der Waals surface area contributed by atoms with Gasteiger partial charge in [0, 0.05) is 17.3 Å². The first-order valence-corrected chi connectivity index (χ1v) is 10.7. The number of rotatable bonds is 4. The van der Waals surface area contributed by atoms with Crippen molar-refractivity contribution >= 4 is 27.9 Å². The van der Waals surface area contributed by atoms with Crippen LogP contribution < -0.4 is 0 Å². The van der Waals surface area contributed by atoms with Crippen molar-refractivity contribution in [3.8, 4) is 0 Å². The molecule has 1 unspecified atom stereocenters. The van der Waals surface area contributed by atoms with E-state index in [2.05, 4.69) is 0 Å². The molecule has 2 heterocycles. The van der Waals surface area contributed by atoms with Crippen LogP contribution in [-0.4, -0.2) is 49.4 Å². The number of allylic oxidation sites excluding steroid dienone is 2. The number of amides is 1. The Balaban J connectivity index is 2.28. The van der Waals surface area contributed by atoms with Crippen molar-refractivity contribution in [3.63, 3.8) is 0 Å². The van der Waals surface area contributed by atoms with Gasteiger partial charge in [-0.25, -0.2) is 14.6 Å². The van der Waals surface area contributed by atoms with Crippen molar-refractivity contribution in [2.24, 2.45) is 5.92 Å². The first kappa shape index (κ1) is 21.6. The lowest BCUT2D eigenvalue weighted by Crippen LogP contribution is -2.48. The van der Waals surface area contributed by atoms with Gasteiger partial charge in [-0.1, -0.05) is 19.1 Å². The molecule has 0 aromatic heterocycles. The van der Waals surface area contributed by atoms with E-state index < -0.39 is 33.8 Å². The Morgan fingerprint density at radius 1 is 1.07 bits per heavy atom. The summed E-state index contributed by atoms with van der Waals surface area (Å²) >= 11 is 0. The highest BCUT2D eigenvalue weighted by Gasteiger charge is 2.49. The minimum absolute atomic E-state index is 0.00836. The summed E-state index contributed by atoms with van der Waals surface area (Å²) in [6.07, 6.45) is 0. The summed E-state index contributed by atoms with van der Waals surface area (Å²) in [5, 5.41) is 1.08. The summed E-state index contributed by atoms with van der Waals surface area (Å²) in [6.45, 7) is 6.35. The van der Waals surface area contributed by atoms with Crippen LogP contribution in [0.25, 0.3) is 0 Å². The van der Waals surface area contributed by atoms with Crippen molar-refractivity contribution in [1.29, 1.82) is 0 Å². The molecule has 1 aromatic carbocycles. The zero-order chi connectivity index (χ0) is 22.4. The molecule has 10 heteroatoms. The van der Waals surface area contributed by atoms with E-state index in [9.17, 15) is 22.8 Å². The summed E-state index contributed by atoms with van der Waals surface area (Å²) in [5.41, 5.74) is 0.487. The van der Waals surface area contributed by atoms with Crippen LogP contribution in [0.1, 0.15) is 38.1 Å². The fourth-order valence-corrected chi connectivity index (χ4v) is 5.51. The van der Waals surface area contributed by atoms with Gasteiger partial charge in [0.05, 0.1) is 30.4 Å². The minimum Gasteiger partial charge on any atom is -0.466 e. The maximum Gasteiger partial charge on any atom is 0.336 e. The van der Waals surface area contributed by atoms with Crippen molar-refractivity contribution in [3.05, 3.63) is 52.4 Å². The molecule has 0 spiro atoms. The van der Waals surface area contributed by atoms with Crippen LogP contribution in [-0.2, 0) is 29.1 Å². The highest BCUT2D eigenvalue weighted by Crippen LogP contribution is 2.41. The van der Waals surface area contributed by atoms with Crippen molar-refractivity contribution < 1.29 is 32.3 Å². The first-order valence-electron chi connectivity index (χ1n) is 9.25. The van der Waals surface area contributed by atoms with Crippen LogP contribution >= 0.6 is 0 Å². The van der Waals surface area contributed by atoms with Gasteiger partial charge in [0.2, 0.25) is 0 Å². The third kappa shape index (κ3) is 2.98. The lowest BCUT2D eigenvalue weighted by Gasteiger charge is -2.39. The molecule has 0 saturated heterocycles. The van der Waals surface area contributed by atoms with Crippen LogP contribution in [0, 0.1) is 5.92 Å². The van der Waals surface area contributed by atoms with E-state index in [1.54, 1.807) is 19.9 Å². The first-order chi connectivity index (χ1) is 14.1. The Morgan fingerprint density at radius 2 is 1.63 bits per heavy atom. The molecule has 2 aliphatic heterocycles. The van der Waals surface area contributed by atoms with E-state index >= 15 is 0 Å². The van der Waals surface area contributed by atoms with Crippen LogP contribution in [0.2, 0.25) is 0 Å². The van der Waals surface area contributed by atoms with E-state index in [1.165, 1.54) is 39.2 Å². The number of ether oxygens (including phenoxy) is 2. The molecule has 1 aromatic rings. The Labute approximate surface area is 174 Å². The molecule has 0 fully saturated rings. The predicted molar refractivity (Wildman–Crippen MR) is 105 cm³/mol. The summed E-state index contributed by atoms with van der Waals surface area (Å²) < 4.78 is 37.0. The van der Waals surface area contributed by atoms with Gasteiger partial charge in [0.25, 0.3) is 15.9 Å². The SMILES string of the molecule is CCOC(=O)C1=C(C)N(N2C(=O)c3ccccc3S2(=O)=O)C(C)=C(C(=O)OC)C1C. The average Bonchev–Trinajstić information content (AvgIpc) is 2.89. The van der Waals surface area contributed by atoms with Crippen LogP contribution in [0.5, 0.6) is 0 Å². The average molecular weight is 434 g/mol. The zero-order valence-corrected chi connectivity index (χ0v) is 18.1. The summed E-state index contributed by atoms with van der Waals surface area (Å²) in [6, 6.07) is 5.82. The maximum atomic E-state index is 13.2. The molecule has 30 heavy (non-hydrogen) atoms. The smallest absolute Gasteiger partial charge is 0.336 e. The monoisotopic (exact) mass is 434 g/mol. The Bertz CT molecular complexity index is 1120. The molecule has 0 saturated carbocycles. The molecule has 0 N–H and O–H groups in total. The number of hydrazine groups is 1. The second-order valence-electron chi connectivity index (χ2n) is 6.79. The third-order valence-electron chi connectivity index (χ3n) is 5.16. The van der Waals surface area contributed by atoms with Gasteiger partial charge in [-0.2, -0.15) is 8.42 Å². The second kappa shape index (κ2) is 7.60. The lowest BCUT2D eigenvalue weighted by atomic mass is 9.86. The van der Waals surface area contributed by atoms with Gasteiger partial charge < -0.3 is 9.47 Å². The van der Waals surface area contributed by atoms with Gasteiger partial charge in [-0.3, -0.25) is 4.79 Å². The number of hydrogen-bond donors (Lipinski definition) is 0. The van der Waals surface area contributed by atoms with Crippen LogP contribution in [0.3, 0.4) is 0 Å². The van der Waals surface area contributed by atoms with Gasteiger partial charge in [-0.05, 0) is 32.9 Å². The normalized spacial score (nSPS) is 20.4. The third-order valence-corrected chi connectivity index (χ3v) is 6.86. The van der Waals surface area contributed by atoms with Crippen molar-refractivity contribution in [2.75, 3.05) is 13.7 Å². The lowest BCUT2D eigenvalue weighted by molar-refractivity contribution is -0.139. The molecule has 1 atom stereocenters. The molecule has 3 rings (SSSR count). The van der Waals surface area contributed by atoms with E-state index in [-0.39, 0.29) is 39.6 Å². The van der Waals surface area contributed by atoms with Crippen LogP contribution in [0.15, 0.2) is 51.7 Å². The number of carbonyl (C=O) groups is 3. The minimum atomic E-state index is -4.26. The fraction of sp³-hybridized carbons (Fsp3) is 0.350. The molecule has 9 nitrogen and oxygen atoms in total. The predicted octanol–water partition coefficient (Wildman–Crippen LogP) is 1.98. The number of hydrogen-bond acceptors (Lipinski definition) is 8. The van der Waals surface area contributed by atoms with Gasteiger partial charge in [0.1, 0.15) is 4.90 Å². The number of fused-ring (bicyclic) bond motifs is 1. The van der Waals surface area contributed by atoms with E-state index in [0.717, 1.165) is 5.01 Å². The summed E-state index contributed by atoms with van der Waals surface area (Å²) in [7, 11) is -3.08. The maximum absolute atomic E-state index is 13.2. The number of methoxy groups -OCH3 is 1. The standard InChI is InChI=1S/C20H22N2O7S/c1-6-29-20(25)17-11(2)16(19(24)28-5)12(3)21(13(17)4)22-18(23)14-9-7-8-10-15(14)30(22,26)27/h7-11H,6H2,1-5H3. The van der Waals surface area contributed by atoms with Crippen molar-refractivity contribution in [2.45, 2.75) is 32.6 Å². The van der Waals surface area contributed by atoms with E-state index in [1.807, 2.05) is 0 Å². The van der Waals surface area contributed by atoms with Crippen molar-refractivity contribution in [1.82, 2.24) is 9.42 Å². The molecule has 0 aliphatic carbocycles. The Hall–Kier alpha value is -3.14. The van der Waals surface area contributed by atoms with Gasteiger partial charge >= 0.3 is 11.9 Å². The summed E-state index contributed by atoms with van der Waals surface area (Å²) in [4.78, 5) is 38.1. The Morgan fingerprint density at radius 3 is 2.17 bits per heavy atom. The second-order valence-corrected chi connectivity index (χ2v) is 8.53. The molecule has 0 radical (unpaired) electrons. The molecular formula is C20H22N2O7S. The topological polar surface area (TPSA) is 110 Å². The molecule has 160 valence electrons. The number of sulfonamides is 1. The number of carbonyl (C=O) groups excluding carboxylic acids is 3. The quantitative estimate of drug-likeness (QED) is 0.662. The highest BCUT2D eigenvalue weighted by molar-refractivity contribution is 7.90. The molecule has 1 amide bonds. The van der Waals surface area contributed by atoms with Gasteiger partial charge in [-0.15, -0.1) is 4.41 Å². The van der Waals surface area contributed by atoms with Crippen LogP contribution in [0.4, 0.5) is 0 Å². The van der Waals surface area contributed by atoms with Gasteiger partial charge in [0.15, 0.2) is 0 Å². The number of esters is 2. The molecule has 2 aliphatic rings. The zero-order valence-electron chi connectivity index (χ0n) is 17.3. The highest BCUT2D eigenvalue weighted by atomic mass is 32.2. The Kier molecular flexibility index (Phi) is 5.46. The molecular weight excluding hydrogens is 412 g/mol. The van der Waals surface area contributed by atoms with E-state index in [4.69, 9.17) is 9.47 Å². The summed E-state index contributed by atoms with van der Waals surface area (Å²) in [5.74, 6) is -2.95. The molecule has 0 bridgehead atoms.